The van der Waals surface area contributed by atoms with Crippen molar-refractivity contribution in [3.8, 4) is 0 Å². The van der Waals surface area contributed by atoms with E-state index in [1.807, 2.05) is 10.9 Å². The van der Waals surface area contributed by atoms with Crippen LogP contribution in [-0.2, 0) is 12.1 Å². The highest BCUT2D eigenvalue weighted by molar-refractivity contribution is 9.10. The first kappa shape index (κ1) is 8.26. The molecule has 0 spiro atoms. The van der Waals surface area contributed by atoms with Crippen LogP contribution in [0, 0.1) is 0 Å². The molecule has 0 atom stereocenters. The van der Waals surface area contributed by atoms with Crippen molar-refractivity contribution in [3.05, 3.63) is 16.4 Å². The lowest BCUT2D eigenvalue weighted by molar-refractivity contribution is 0.639. The molecule has 1 heterocycles. The van der Waals surface area contributed by atoms with Gasteiger partial charge in [-0.15, -0.1) is 0 Å². The summed E-state index contributed by atoms with van der Waals surface area (Å²) in [6, 6.07) is 0. The van der Waals surface area contributed by atoms with Crippen LogP contribution in [0.2, 0.25) is 0 Å². The van der Waals surface area contributed by atoms with E-state index in [4.69, 9.17) is 5.73 Å². The van der Waals surface area contributed by atoms with Gasteiger partial charge in [-0.1, -0.05) is 0 Å². The molecule has 1 aromatic heterocycles. The molecule has 0 amide bonds. The molecule has 2 N–H and O–H groups in total. The van der Waals surface area contributed by atoms with E-state index in [2.05, 4.69) is 28.0 Å². The SMILES string of the molecule is CCn1ncc(C2(N)CC2)c1Br. The lowest BCUT2D eigenvalue weighted by atomic mass is 10.1. The highest BCUT2D eigenvalue weighted by Gasteiger charge is 2.42. The van der Waals surface area contributed by atoms with E-state index >= 15 is 0 Å². The van der Waals surface area contributed by atoms with Gasteiger partial charge < -0.3 is 5.73 Å². The quantitative estimate of drug-likeness (QED) is 0.838. The van der Waals surface area contributed by atoms with Crippen molar-refractivity contribution in [1.82, 2.24) is 9.78 Å². The fourth-order valence-corrected chi connectivity index (χ4v) is 2.17. The second-order valence-electron chi connectivity index (χ2n) is 3.32. The molecule has 1 saturated carbocycles. The molecule has 3 nitrogen and oxygen atoms in total. The summed E-state index contributed by atoms with van der Waals surface area (Å²) in [6.45, 7) is 2.95. The zero-order valence-electron chi connectivity index (χ0n) is 7.05. The largest absolute Gasteiger partial charge is 0.321 e. The van der Waals surface area contributed by atoms with Crippen molar-refractivity contribution in [3.63, 3.8) is 0 Å². The minimum Gasteiger partial charge on any atom is -0.321 e. The predicted molar refractivity (Wildman–Crippen MR) is 50.7 cm³/mol. The second kappa shape index (κ2) is 2.57. The van der Waals surface area contributed by atoms with Gasteiger partial charge in [0.1, 0.15) is 4.60 Å². The van der Waals surface area contributed by atoms with Gasteiger partial charge in [-0.25, -0.2) is 0 Å². The molecule has 0 aliphatic heterocycles. The third-order valence-electron chi connectivity index (χ3n) is 2.40. The Balaban J connectivity index is 2.39. The predicted octanol–water partition coefficient (Wildman–Crippen LogP) is 1.61. The van der Waals surface area contributed by atoms with Crippen molar-refractivity contribution in [2.45, 2.75) is 31.8 Å². The highest BCUT2D eigenvalue weighted by Crippen LogP contribution is 2.45. The fraction of sp³-hybridized carbons (Fsp3) is 0.625. The van der Waals surface area contributed by atoms with Gasteiger partial charge in [0, 0.05) is 17.6 Å². The molecule has 2 rings (SSSR count). The molecule has 66 valence electrons. The summed E-state index contributed by atoms with van der Waals surface area (Å²) in [5.74, 6) is 0. The number of hydrogen-bond acceptors (Lipinski definition) is 2. The van der Waals surface area contributed by atoms with Gasteiger partial charge in [-0.2, -0.15) is 5.10 Å². The maximum Gasteiger partial charge on any atom is 0.109 e. The standard InChI is InChI=1S/C8H12BrN3/c1-2-12-7(9)6(5-11-12)8(10)3-4-8/h5H,2-4,10H2,1H3. The number of rotatable bonds is 2. The summed E-state index contributed by atoms with van der Waals surface area (Å²) in [6.07, 6.45) is 4.04. The summed E-state index contributed by atoms with van der Waals surface area (Å²) in [5.41, 5.74) is 7.13. The van der Waals surface area contributed by atoms with E-state index in [0.29, 0.717) is 0 Å². The number of hydrogen-bond donors (Lipinski definition) is 1. The zero-order chi connectivity index (χ0) is 8.77. The zero-order valence-corrected chi connectivity index (χ0v) is 8.63. The van der Waals surface area contributed by atoms with Gasteiger partial charge in [0.15, 0.2) is 0 Å². The number of aryl methyl sites for hydroxylation is 1. The van der Waals surface area contributed by atoms with Crippen LogP contribution in [0.25, 0.3) is 0 Å². The molecule has 0 radical (unpaired) electrons. The Morgan fingerprint density at radius 3 is 2.83 bits per heavy atom. The van der Waals surface area contributed by atoms with E-state index in [9.17, 15) is 0 Å². The van der Waals surface area contributed by atoms with Gasteiger partial charge in [-0.05, 0) is 35.7 Å². The first-order chi connectivity index (χ1) is 5.67. The van der Waals surface area contributed by atoms with Gasteiger partial charge in [-0.3, -0.25) is 4.68 Å². The molecule has 0 bridgehead atoms. The lowest BCUT2D eigenvalue weighted by Gasteiger charge is -2.06. The average Bonchev–Trinajstić information content (AvgIpc) is 2.65. The van der Waals surface area contributed by atoms with E-state index in [0.717, 1.165) is 29.6 Å². The Bertz CT molecular complexity index is 301. The van der Waals surface area contributed by atoms with Gasteiger partial charge >= 0.3 is 0 Å². The van der Waals surface area contributed by atoms with Gasteiger partial charge in [0.05, 0.1) is 6.20 Å². The van der Waals surface area contributed by atoms with E-state index in [-0.39, 0.29) is 5.54 Å². The molecule has 1 fully saturated rings. The Kier molecular flexibility index (Phi) is 1.77. The Morgan fingerprint density at radius 1 is 1.75 bits per heavy atom. The van der Waals surface area contributed by atoms with Crippen LogP contribution < -0.4 is 5.73 Å². The number of nitrogens with zero attached hydrogens (tertiary/aromatic N) is 2. The van der Waals surface area contributed by atoms with Crippen LogP contribution in [0.15, 0.2) is 10.8 Å². The third-order valence-corrected chi connectivity index (χ3v) is 3.24. The minimum atomic E-state index is -0.0771. The van der Waals surface area contributed by atoms with Crippen LogP contribution >= 0.6 is 15.9 Å². The molecule has 1 aliphatic rings. The van der Waals surface area contributed by atoms with E-state index in [1.165, 1.54) is 0 Å². The molecule has 12 heavy (non-hydrogen) atoms. The van der Waals surface area contributed by atoms with Crippen LogP contribution in [0.4, 0.5) is 0 Å². The molecule has 0 saturated heterocycles. The normalized spacial score (nSPS) is 19.6. The summed E-state index contributed by atoms with van der Waals surface area (Å²) in [5, 5.41) is 4.23. The Morgan fingerprint density at radius 2 is 2.42 bits per heavy atom. The lowest BCUT2D eigenvalue weighted by Crippen LogP contribution is -2.18. The average molecular weight is 230 g/mol. The van der Waals surface area contributed by atoms with Crippen LogP contribution in [0.3, 0.4) is 0 Å². The van der Waals surface area contributed by atoms with Crippen LogP contribution in [0.1, 0.15) is 25.3 Å². The van der Waals surface area contributed by atoms with Crippen molar-refractivity contribution >= 4 is 15.9 Å². The number of nitrogens with two attached hydrogens (primary N) is 1. The van der Waals surface area contributed by atoms with Crippen molar-refractivity contribution < 1.29 is 0 Å². The minimum absolute atomic E-state index is 0.0771. The van der Waals surface area contributed by atoms with Gasteiger partial charge in [0.2, 0.25) is 0 Å². The Hall–Kier alpha value is -0.350. The Labute approximate surface area is 80.1 Å². The monoisotopic (exact) mass is 229 g/mol. The van der Waals surface area contributed by atoms with E-state index in [1.54, 1.807) is 0 Å². The maximum atomic E-state index is 6.05. The highest BCUT2D eigenvalue weighted by atomic mass is 79.9. The maximum absolute atomic E-state index is 6.05. The summed E-state index contributed by atoms with van der Waals surface area (Å²) in [4.78, 5) is 0. The van der Waals surface area contributed by atoms with Crippen molar-refractivity contribution in [1.29, 1.82) is 0 Å². The first-order valence-electron chi connectivity index (χ1n) is 4.18. The van der Waals surface area contributed by atoms with Crippen molar-refractivity contribution in [2.24, 2.45) is 5.73 Å². The van der Waals surface area contributed by atoms with Crippen LogP contribution in [-0.4, -0.2) is 9.78 Å². The topological polar surface area (TPSA) is 43.8 Å². The molecule has 0 unspecified atom stereocenters. The summed E-state index contributed by atoms with van der Waals surface area (Å²) in [7, 11) is 0. The molecule has 1 aliphatic carbocycles. The third kappa shape index (κ3) is 1.10. The smallest absolute Gasteiger partial charge is 0.109 e. The van der Waals surface area contributed by atoms with E-state index < -0.39 is 0 Å². The molecule has 4 heteroatoms. The molecule has 1 aromatic rings. The number of aromatic nitrogens is 2. The first-order valence-corrected chi connectivity index (χ1v) is 4.97. The fourth-order valence-electron chi connectivity index (χ4n) is 1.33. The molecule has 0 aromatic carbocycles. The molecular weight excluding hydrogens is 218 g/mol. The van der Waals surface area contributed by atoms with Crippen LogP contribution in [0.5, 0.6) is 0 Å². The summed E-state index contributed by atoms with van der Waals surface area (Å²) < 4.78 is 2.97. The second-order valence-corrected chi connectivity index (χ2v) is 4.07. The molecular formula is C8H12BrN3. The van der Waals surface area contributed by atoms with Crippen molar-refractivity contribution in [2.75, 3.05) is 0 Å². The van der Waals surface area contributed by atoms with Gasteiger partial charge in [0.25, 0.3) is 0 Å². The number of halogens is 1. The summed E-state index contributed by atoms with van der Waals surface area (Å²) >= 11 is 3.51.